The molecular weight excluding hydrogens is 448 g/mol. The van der Waals surface area contributed by atoms with Crippen LogP contribution in [0.25, 0.3) is 43.6 Å². The molecular formula is C28H17ClN2O3. The van der Waals surface area contributed by atoms with Gasteiger partial charge in [0.15, 0.2) is 0 Å². The molecule has 6 aromatic rings. The van der Waals surface area contributed by atoms with Crippen LogP contribution in [-0.4, -0.2) is 26.3 Å². The molecule has 4 aromatic carbocycles. The number of carboxylic acid groups (broad SMARTS) is 1. The molecule has 0 atom stereocenters. The summed E-state index contributed by atoms with van der Waals surface area (Å²) in [5.41, 5.74) is 3.86. The van der Waals surface area contributed by atoms with Crippen LogP contribution in [0.15, 0.2) is 97.1 Å². The van der Waals surface area contributed by atoms with Crippen LogP contribution in [-0.2, 0) is 0 Å². The molecule has 0 fully saturated rings. The monoisotopic (exact) mass is 464 g/mol. The van der Waals surface area contributed by atoms with Crippen molar-refractivity contribution in [2.24, 2.45) is 0 Å². The quantitative estimate of drug-likeness (QED) is 0.224. The number of fused-ring (bicyclic) bond motifs is 4. The number of carbonyl (C=O) groups is 2. The summed E-state index contributed by atoms with van der Waals surface area (Å²) in [4.78, 5) is 32.0. The maximum atomic E-state index is 11.6. The van der Waals surface area contributed by atoms with E-state index in [-0.39, 0.29) is 0 Å². The van der Waals surface area contributed by atoms with Crippen LogP contribution in [0.5, 0.6) is 0 Å². The van der Waals surface area contributed by atoms with E-state index in [2.05, 4.69) is 9.97 Å². The highest BCUT2D eigenvalue weighted by molar-refractivity contribution is 6.69. The van der Waals surface area contributed by atoms with E-state index < -0.39 is 11.2 Å². The molecule has 0 amide bonds. The smallest absolute Gasteiger partial charge is 0.337 e. The molecule has 2 aromatic heterocycles. The predicted molar refractivity (Wildman–Crippen MR) is 136 cm³/mol. The second kappa shape index (κ2) is 8.89. The van der Waals surface area contributed by atoms with Crippen LogP contribution in [0.4, 0.5) is 0 Å². The van der Waals surface area contributed by atoms with E-state index in [9.17, 15) is 14.7 Å². The van der Waals surface area contributed by atoms with Crippen LogP contribution in [0.2, 0.25) is 0 Å². The Labute approximate surface area is 199 Å². The normalized spacial score (nSPS) is 10.9. The zero-order valence-electron chi connectivity index (χ0n) is 17.8. The molecule has 5 nitrogen and oxygen atoms in total. The van der Waals surface area contributed by atoms with E-state index in [0.29, 0.717) is 32.9 Å². The number of aromatic nitrogens is 2. The van der Waals surface area contributed by atoms with Gasteiger partial charge < -0.3 is 5.11 Å². The molecule has 6 heteroatoms. The minimum absolute atomic E-state index is 0.325. The lowest BCUT2D eigenvalue weighted by Crippen LogP contribution is -2.00. The van der Waals surface area contributed by atoms with Crippen LogP contribution in [0.3, 0.4) is 0 Å². The first-order valence-electron chi connectivity index (χ1n) is 10.5. The first-order valence-corrected chi connectivity index (χ1v) is 10.9. The summed E-state index contributed by atoms with van der Waals surface area (Å²) in [6, 6.07) is 29.6. The zero-order chi connectivity index (χ0) is 23.7. The van der Waals surface area contributed by atoms with Crippen LogP contribution >= 0.6 is 11.6 Å². The van der Waals surface area contributed by atoms with Crippen molar-refractivity contribution in [1.29, 1.82) is 0 Å². The van der Waals surface area contributed by atoms with Gasteiger partial charge in [-0.25, -0.2) is 14.8 Å². The van der Waals surface area contributed by atoms with Crippen molar-refractivity contribution in [2.45, 2.75) is 0 Å². The molecule has 0 aliphatic heterocycles. The van der Waals surface area contributed by atoms with Crippen molar-refractivity contribution < 1.29 is 14.7 Å². The van der Waals surface area contributed by atoms with Crippen molar-refractivity contribution in [2.75, 3.05) is 0 Å². The molecule has 0 saturated carbocycles. The maximum Gasteiger partial charge on any atom is 0.337 e. The van der Waals surface area contributed by atoms with E-state index in [1.165, 1.54) is 0 Å². The maximum absolute atomic E-state index is 11.6. The Morgan fingerprint density at radius 1 is 0.529 bits per heavy atom. The van der Waals surface area contributed by atoms with Crippen LogP contribution in [0, 0.1) is 0 Å². The molecule has 2 heterocycles. The van der Waals surface area contributed by atoms with E-state index in [0.717, 1.165) is 21.8 Å². The fourth-order valence-corrected chi connectivity index (χ4v) is 4.33. The van der Waals surface area contributed by atoms with Crippen molar-refractivity contribution in [1.82, 2.24) is 9.97 Å². The Hall–Kier alpha value is -4.35. The highest BCUT2D eigenvalue weighted by Crippen LogP contribution is 2.27. The molecule has 1 N–H and O–H groups in total. The summed E-state index contributed by atoms with van der Waals surface area (Å²) in [5, 5.41) is 11.9. The number of pyridine rings is 2. The third-order valence-electron chi connectivity index (χ3n) is 5.59. The number of hydrogen-bond donors (Lipinski definition) is 1. The largest absolute Gasteiger partial charge is 0.478 e. The molecule has 6 rings (SSSR count). The van der Waals surface area contributed by atoms with Gasteiger partial charge in [-0.1, -0.05) is 72.8 Å². The summed E-state index contributed by atoms with van der Waals surface area (Å²) in [6.07, 6.45) is 0. The summed E-state index contributed by atoms with van der Waals surface area (Å²) >= 11 is 5.69. The standard InChI is InChI=1S/C14H8ClNO.C14H9NO2/c15-14(17)13-9-5-1-3-7-11(9)16-12-8-4-2-6-10(12)13;16-14(17)13-9-5-1-3-7-11(9)15-12-8-4-2-6-10(12)13/h1-8H;1-8H,(H,16,17). The number of aromatic carboxylic acids is 1. The lowest BCUT2D eigenvalue weighted by atomic mass is 10.0. The first kappa shape index (κ1) is 21.5. The van der Waals surface area contributed by atoms with Crippen molar-refractivity contribution >= 4 is 66.4 Å². The molecule has 34 heavy (non-hydrogen) atoms. The van der Waals surface area contributed by atoms with Gasteiger partial charge in [0, 0.05) is 21.5 Å². The molecule has 0 aliphatic carbocycles. The van der Waals surface area contributed by atoms with Gasteiger partial charge in [-0.3, -0.25) is 4.79 Å². The highest BCUT2D eigenvalue weighted by atomic mass is 35.5. The first-order chi connectivity index (χ1) is 16.5. The Morgan fingerprint density at radius 2 is 0.824 bits per heavy atom. The van der Waals surface area contributed by atoms with Gasteiger partial charge in [-0.15, -0.1) is 0 Å². The van der Waals surface area contributed by atoms with E-state index in [4.69, 9.17) is 11.6 Å². The fourth-order valence-electron chi connectivity index (χ4n) is 4.12. The van der Waals surface area contributed by atoms with E-state index >= 15 is 0 Å². The Morgan fingerprint density at radius 3 is 1.12 bits per heavy atom. The van der Waals surface area contributed by atoms with E-state index in [1.807, 2.05) is 84.9 Å². The molecule has 0 spiro atoms. The summed E-state index contributed by atoms with van der Waals surface area (Å²) in [5.74, 6) is -0.917. The molecule has 0 saturated heterocycles. The molecule has 0 radical (unpaired) electrons. The van der Waals surface area contributed by atoms with Gasteiger partial charge in [-0.2, -0.15) is 0 Å². The highest BCUT2D eigenvalue weighted by Gasteiger charge is 2.14. The third-order valence-corrected chi connectivity index (χ3v) is 5.77. The summed E-state index contributed by atoms with van der Waals surface area (Å²) < 4.78 is 0. The average Bonchev–Trinajstić information content (AvgIpc) is 2.85. The Balaban J connectivity index is 0.000000142. The van der Waals surface area contributed by atoms with Crippen molar-refractivity contribution in [3.63, 3.8) is 0 Å². The second-order valence-electron chi connectivity index (χ2n) is 7.62. The van der Waals surface area contributed by atoms with Gasteiger partial charge in [-0.05, 0) is 35.9 Å². The number of para-hydroxylation sites is 4. The third kappa shape index (κ3) is 3.83. The van der Waals surface area contributed by atoms with Crippen LogP contribution < -0.4 is 0 Å². The number of halogens is 1. The van der Waals surface area contributed by atoms with Crippen molar-refractivity contribution in [3.05, 3.63) is 108 Å². The van der Waals surface area contributed by atoms with Gasteiger partial charge in [0.2, 0.25) is 0 Å². The van der Waals surface area contributed by atoms with Crippen molar-refractivity contribution in [3.8, 4) is 0 Å². The van der Waals surface area contributed by atoms with Gasteiger partial charge in [0.25, 0.3) is 5.24 Å². The minimum Gasteiger partial charge on any atom is -0.478 e. The summed E-state index contributed by atoms with van der Waals surface area (Å²) in [7, 11) is 0. The lowest BCUT2D eigenvalue weighted by Gasteiger charge is -2.06. The van der Waals surface area contributed by atoms with Gasteiger partial charge >= 0.3 is 5.97 Å². The number of nitrogens with zero attached hydrogens (tertiary/aromatic N) is 2. The van der Waals surface area contributed by atoms with E-state index in [1.54, 1.807) is 12.1 Å². The predicted octanol–water partition coefficient (Wildman–Crippen LogP) is 6.85. The molecule has 0 bridgehead atoms. The number of hydrogen-bond acceptors (Lipinski definition) is 4. The number of benzene rings is 4. The van der Waals surface area contributed by atoms with Gasteiger partial charge in [0.05, 0.1) is 33.2 Å². The Bertz CT molecular complexity index is 1490. The molecule has 0 unspecified atom stereocenters. The number of carboxylic acids is 1. The summed E-state index contributed by atoms with van der Waals surface area (Å²) in [6.45, 7) is 0. The van der Waals surface area contributed by atoms with Gasteiger partial charge in [0.1, 0.15) is 0 Å². The fraction of sp³-hybridized carbons (Fsp3) is 0. The molecule has 164 valence electrons. The number of rotatable bonds is 2. The average molecular weight is 465 g/mol. The topological polar surface area (TPSA) is 80.2 Å². The number of carbonyl (C=O) groups excluding carboxylic acids is 1. The lowest BCUT2D eigenvalue weighted by molar-refractivity contribution is 0.0701. The molecule has 0 aliphatic rings. The van der Waals surface area contributed by atoms with Crippen LogP contribution in [0.1, 0.15) is 20.7 Å². The minimum atomic E-state index is -0.917. The zero-order valence-corrected chi connectivity index (χ0v) is 18.5. The SMILES string of the molecule is O=C(Cl)c1c2ccccc2nc2ccccc12.O=C(O)c1c2ccccc2nc2ccccc12. The Kier molecular flexibility index (Phi) is 5.62. The second-order valence-corrected chi connectivity index (χ2v) is 7.96.